The lowest BCUT2D eigenvalue weighted by Gasteiger charge is -2.27. The van der Waals surface area contributed by atoms with Crippen molar-refractivity contribution in [3.63, 3.8) is 0 Å². The average Bonchev–Trinajstić information content (AvgIpc) is 2.47. The standard InChI is InChI=1S/C14H18Br2N2O3/c1-2-21-13(20)14(17,9-18-12(19)8-15)7-10-3-5-11(16)6-4-10/h3-6H,2,7-9,17H2,1H3,(H,18,19). The number of nitrogens with two attached hydrogens (primary N) is 1. The lowest BCUT2D eigenvalue weighted by Crippen LogP contribution is -2.58. The normalized spacial score (nSPS) is 13.3. The van der Waals surface area contributed by atoms with E-state index in [-0.39, 0.29) is 30.8 Å². The van der Waals surface area contributed by atoms with Crippen molar-refractivity contribution in [1.82, 2.24) is 5.32 Å². The van der Waals surface area contributed by atoms with Gasteiger partial charge in [0.05, 0.1) is 11.9 Å². The molecule has 0 aliphatic carbocycles. The van der Waals surface area contributed by atoms with Crippen molar-refractivity contribution in [2.75, 3.05) is 18.5 Å². The number of hydrogen-bond donors (Lipinski definition) is 2. The molecule has 0 aliphatic rings. The highest BCUT2D eigenvalue weighted by Crippen LogP contribution is 2.16. The number of rotatable bonds is 7. The third kappa shape index (κ3) is 5.76. The predicted octanol–water partition coefficient (Wildman–Crippen LogP) is 1.76. The third-order valence-electron chi connectivity index (χ3n) is 2.84. The second kappa shape index (κ2) is 8.51. The molecule has 0 saturated heterocycles. The van der Waals surface area contributed by atoms with E-state index in [4.69, 9.17) is 10.5 Å². The summed E-state index contributed by atoms with van der Waals surface area (Å²) in [6, 6.07) is 7.49. The van der Waals surface area contributed by atoms with Gasteiger partial charge in [0.15, 0.2) is 0 Å². The van der Waals surface area contributed by atoms with Crippen LogP contribution in [0.5, 0.6) is 0 Å². The van der Waals surface area contributed by atoms with Crippen LogP contribution in [0.4, 0.5) is 0 Å². The van der Waals surface area contributed by atoms with E-state index < -0.39 is 11.5 Å². The molecule has 1 aromatic carbocycles. The molecule has 0 heterocycles. The summed E-state index contributed by atoms with van der Waals surface area (Å²) in [5.41, 5.74) is 5.79. The Kier molecular flexibility index (Phi) is 7.34. The molecular weight excluding hydrogens is 404 g/mol. The molecule has 0 saturated carbocycles. The summed E-state index contributed by atoms with van der Waals surface area (Å²) in [7, 11) is 0. The van der Waals surface area contributed by atoms with Gasteiger partial charge in [-0.05, 0) is 24.6 Å². The zero-order chi connectivity index (χ0) is 15.9. The van der Waals surface area contributed by atoms with Gasteiger partial charge in [0.2, 0.25) is 5.91 Å². The molecule has 3 N–H and O–H groups in total. The molecular formula is C14H18Br2N2O3. The summed E-state index contributed by atoms with van der Waals surface area (Å²) in [6.07, 6.45) is 0.279. The fourth-order valence-electron chi connectivity index (χ4n) is 1.75. The Labute approximate surface area is 140 Å². The predicted molar refractivity (Wildman–Crippen MR) is 88.2 cm³/mol. The van der Waals surface area contributed by atoms with Gasteiger partial charge in [0.1, 0.15) is 5.54 Å². The summed E-state index contributed by atoms with van der Waals surface area (Å²) in [4.78, 5) is 23.5. The molecule has 1 aromatic rings. The largest absolute Gasteiger partial charge is 0.465 e. The summed E-state index contributed by atoms with van der Waals surface area (Å²) < 4.78 is 5.97. The summed E-state index contributed by atoms with van der Waals surface area (Å²) in [5.74, 6) is -0.757. The number of halogens is 2. The van der Waals surface area contributed by atoms with Crippen molar-refractivity contribution in [3.8, 4) is 0 Å². The van der Waals surface area contributed by atoms with E-state index in [2.05, 4.69) is 37.2 Å². The number of esters is 1. The highest BCUT2D eigenvalue weighted by atomic mass is 79.9. The smallest absolute Gasteiger partial charge is 0.328 e. The Bertz CT molecular complexity index is 493. The topological polar surface area (TPSA) is 81.4 Å². The van der Waals surface area contributed by atoms with E-state index in [1.165, 1.54) is 0 Å². The van der Waals surface area contributed by atoms with Crippen LogP contribution in [0.25, 0.3) is 0 Å². The summed E-state index contributed by atoms with van der Waals surface area (Å²) in [5, 5.41) is 2.78. The van der Waals surface area contributed by atoms with Gasteiger partial charge in [-0.15, -0.1) is 0 Å². The lowest BCUT2D eigenvalue weighted by molar-refractivity contribution is -0.149. The molecule has 1 unspecified atom stereocenters. The molecule has 1 amide bonds. The zero-order valence-electron chi connectivity index (χ0n) is 11.7. The first-order valence-electron chi connectivity index (χ1n) is 6.44. The molecule has 0 bridgehead atoms. The molecule has 5 nitrogen and oxygen atoms in total. The van der Waals surface area contributed by atoms with Crippen LogP contribution in [0.15, 0.2) is 28.7 Å². The quantitative estimate of drug-likeness (QED) is 0.519. The Morgan fingerprint density at radius 1 is 1.33 bits per heavy atom. The van der Waals surface area contributed by atoms with Crippen LogP contribution in [0, 0.1) is 0 Å². The van der Waals surface area contributed by atoms with Gasteiger partial charge in [-0.1, -0.05) is 44.0 Å². The molecule has 0 spiro atoms. The molecule has 0 fully saturated rings. The molecule has 0 radical (unpaired) electrons. The van der Waals surface area contributed by atoms with Crippen molar-refractivity contribution in [3.05, 3.63) is 34.3 Å². The van der Waals surface area contributed by atoms with Crippen LogP contribution in [-0.2, 0) is 20.7 Å². The Morgan fingerprint density at radius 3 is 2.48 bits per heavy atom. The van der Waals surface area contributed by atoms with Gasteiger partial charge in [0, 0.05) is 17.4 Å². The van der Waals surface area contributed by atoms with Gasteiger partial charge in [0.25, 0.3) is 0 Å². The molecule has 1 rings (SSSR count). The van der Waals surface area contributed by atoms with E-state index in [0.717, 1.165) is 10.0 Å². The highest BCUT2D eigenvalue weighted by Gasteiger charge is 2.36. The van der Waals surface area contributed by atoms with Crippen molar-refractivity contribution < 1.29 is 14.3 Å². The van der Waals surface area contributed by atoms with E-state index in [0.29, 0.717) is 0 Å². The Morgan fingerprint density at radius 2 is 1.95 bits per heavy atom. The van der Waals surface area contributed by atoms with Crippen LogP contribution < -0.4 is 11.1 Å². The number of alkyl halides is 1. The maximum atomic E-state index is 12.1. The van der Waals surface area contributed by atoms with Crippen LogP contribution in [0.1, 0.15) is 12.5 Å². The van der Waals surface area contributed by atoms with Crippen LogP contribution in [0.2, 0.25) is 0 Å². The first kappa shape index (κ1) is 18.1. The number of carbonyl (C=O) groups excluding carboxylic acids is 2. The third-order valence-corrected chi connectivity index (χ3v) is 3.88. The number of benzene rings is 1. The molecule has 1 atom stereocenters. The summed E-state index contributed by atoms with van der Waals surface area (Å²) in [6.45, 7) is 1.98. The monoisotopic (exact) mass is 420 g/mol. The van der Waals surface area contributed by atoms with Gasteiger partial charge in [-0.25, -0.2) is 4.79 Å². The zero-order valence-corrected chi connectivity index (χ0v) is 14.9. The molecule has 0 aromatic heterocycles. The molecule has 0 aliphatic heterocycles. The number of carbonyl (C=O) groups is 2. The van der Waals surface area contributed by atoms with E-state index in [1.807, 2.05) is 24.3 Å². The second-order valence-corrected chi connectivity index (χ2v) is 6.07. The second-order valence-electron chi connectivity index (χ2n) is 4.59. The van der Waals surface area contributed by atoms with Crippen molar-refractivity contribution in [1.29, 1.82) is 0 Å². The maximum Gasteiger partial charge on any atom is 0.328 e. The number of nitrogens with one attached hydrogen (secondary N) is 1. The molecule has 21 heavy (non-hydrogen) atoms. The molecule has 116 valence electrons. The van der Waals surface area contributed by atoms with E-state index >= 15 is 0 Å². The van der Waals surface area contributed by atoms with Crippen molar-refractivity contribution in [2.45, 2.75) is 18.9 Å². The first-order valence-corrected chi connectivity index (χ1v) is 8.36. The fourth-order valence-corrected chi connectivity index (χ4v) is 2.21. The molecule has 7 heteroatoms. The lowest BCUT2D eigenvalue weighted by atomic mass is 9.91. The number of ether oxygens (including phenoxy) is 1. The van der Waals surface area contributed by atoms with Crippen LogP contribution in [0.3, 0.4) is 0 Å². The average molecular weight is 422 g/mol. The fraction of sp³-hybridized carbons (Fsp3) is 0.429. The Balaban J connectivity index is 2.87. The van der Waals surface area contributed by atoms with Crippen LogP contribution in [-0.4, -0.2) is 35.9 Å². The van der Waals surface area contributed by atoms with Gasteiger partial charge in [-0.3, -0.25) is 4.79 Å². The van der Waals surface area contributed by atoms with Crippen LogP contribution >= 0.6 is 31.9 Å². The van der Waals surface area contributed by atoms with Gasteiger partial charge >= 0.3 is 5.97 Å². The Hall–Kier alpha value is -0.920. The van der Waals surface area contributed by atoms with E-state index in [1.54, 1.807) is 6.92 Å². The first-order chi connectivity index (χ1) is 9.91. The SMILES string of the molecule is CCOC(=O)C(N)(CNC(=O)CBr)Cc1ccc(Br)cc1. The number of hydrogen-bond acceptors (Lipinski definition) is 4. The van der Waals surface area contributed by atoms with Crippen molar-refractivity contribution in [2.24, 2.45) is 5.73 Å². The maximum absolute atomic E-state index is 12.1. The number of amides is 1. The van der Waals surface area contributed by atoms with Gasteiger partial charge in [-0.2, -0.15) is 0 Å². The van der Waals surface area contributed by atoms with E-state index in [9.17, 15) is 9.59 Å². The van der Waals surface area contributed by atoms with Crippen molar-refractivity contribution >= 4 is 43.7 Å². The minimum Gasteiger partial charge on any atom is -0.465 e. The van der Waals surface area contributed by atoms with Gasteiger partial charge < -0.3 is 15.8 Å². The summed E-state index contributed by atoms with van der Waals surface area (Å²) >= 11 is 6.40. The minimum atomic E-state index is -1.29. The minimum absolute atomic E-state index is 0.0202. The highest BCUT2D eigenvalue weighted by molar-refractivity contribution is 9.10.